The predicted molar refractivity (Wildman–Crippen MR) is 37.6 cm³/mol. The average Bonchev–Trinajstić information content (AvgIpc) is 1.86. The second kappa shape index (κ2) is 7.62. The molecule has 7 N–H and O–H groups in total. The molecule has 0 aliphatic heterocycles. The molecule has 0 unspecified atom stereocenters. The summed E-state index contributed by atoms with van der Waals surface area (Å²) in [7, 11) is 0. The lowest BCUT2D eigenvalue weighted by Gasteiger charge is -1.69. The van der Waals surface area contributed by atoms with Crippen molar-refractivity contribution in [2.75, 3.05) is 0 Å². The van der Waals surface area contributed by atoms with Crippen LogP contribution in [0.5, 0.6) is 0 Å². The van der Waals surface area contributed by atoms with Gasteiger partial charge in [0.1, 0.15) is 0 Å². The highest BCUT2D eigenvalue weighted by molar-refractivity contribution is 6.28. The highest BCUT2D eigenvalue weighted by atomic mass is 27.0. The van der Waals surface area contributed by atoms with Crippen molar-refractivity contribution >= 4 is 21.0 Å². The monoisotopic (exact) mass is 150 g/mol. The Morgan fingerprint density at radius 3 is 2.00 bits per heavy atom. The lowest BCUT2D eigenvalue weighted by Crippen LogP contribution is -2.04. The van der Waals surface area contributed by atoms with Crippen molar-refractivity contribution in [1.82, 2.24) is 9.97 Å². The van der Waals surface area contributed by atoms with E-state index in [-0.39, 0.29) is 16.4 Å². The smallest absolute Gasteiger partial charge is 0.317 e. The highest BCUT2D eigenvalue weighted by Gasteiger charge is 1.74. The number of hydrogen-bond acceptors (Lipinski definition) is 1. The standard InChI is InChI=1S/C3H3N2.Al.3H2O.2H/c1-2-5-3-4-1;;;;;;/h1-2H,(H,4,5);;3*1H2;;. The summed E-state index contributed by atoms with van der Waals surface area (Å²) in [6, 6.07) is 0. The molecule has 0 radical (unpaired) electrons. The molecule has 0 spiro atoms. The van der Waals surface area contributed by atoms with E-state index in [1.807, 2.05) is 6.20 Å². The molecular weight excluding hydrogens is 139 g/mol. The summed E-state index contributed by atoms with van der Waals surface area (Å²) < 4.78 is 1.11. The van der Waals surface area contributed by atoms with Crippen molar-refractivity contribution in [2.24, 2.45) is 0 Å². The van der Waals surface area contributed by atoms with E-state index in [1.165, 1.54) is 0 Å². The lowest BCUT2D eigenvalue weighted by molar-refractivity contribution is 0.823. The van der Waals surface area contributed by atoms with Crippen LogP contribution in [0.3, 0.4) is 0 Å². The molecule has 1 rings (SSSR count). The highest BCUT2D eigenvalue weighted by Crippen LogP contribution is 1.59. The number of hydrogen-bond donors (Lipinski definition) is 1. The molecule has 0 aromatic carbocycles. The molecule has 0 aliphatic rings. The van der Waals surface area contributed by atoms with Crippen LogP contribution in [0.1, 0.15) is 0 Å². The van der Waals surface area contributed by atoms with Gasteiger partial charge in [0.25, 0.3) is 0 Å². The Labute approximate surface area is 60.5 Å². The van der Waals surface area contributed by atoms with Crippen molar-refractivity contribution in [3.8, 4) is 0 Å². The van der Waals surface area contributed by atoms with E-state index in [1.54, 1.807) is 6.20 Å². The molecule has 1 heterocycles. The fourth-order valence-electron chi connectivity index (χ4n) is 0.344. The number of nitrogens with zero attached hydrogens (tertiary/aromatic N) is 1. The largest absolute Gasteiger partial charge is 0.412 e. The van der Waals surface area contributed by atoms with Crippen LogP contribution in [0.2, 0.25) is 0 Å². The zero-order valence-corrected chi connectivity index (χ0v) is 7.10. The maximum absolute atomic E-state index is 3.92. The molecule has 0 fully saturated rings. The van der Waals surface area contributed by atoms with E-state index < -0.39 is 0 Å². The van der Waals surface area contributed by atoms with Gasteiger partial charge < -0.3 is 21.4 Å². The van der Waals surface area contributed by atoms with Crippen LogP contribution in [0, 0.1) is 0 Å². The number of H-pyrrole nitrogens is 1. The van der Waals surface area contributed by atoms with E-state index in [4.69, 9.17) is 0 Å². The minimum Gasteiger partial charge on any atom is -0.412 e. The predicted octanol–water partition coefficient (Wildman–Crippen LogP) is -3.81. The summed E-state index contributed by atoms with van der Waals surface area (Å²) in [5.74, 6) is 0. The summed E-state index contributed by atoms with van der Waals surface area (Å²) in [5.41, 5.74) is 0. The third-order valence-electron chi connectivity index (χ3n) is 0.635. The maximum Gasteiger partial charge on any atom is 0.317 e. The van der Waals surface area contributed by atoms with E-state index in [0.717, 1.165) is 21.0 Å². The molecular formula is C3H11AlN2O3. The Morgan fingerprint density at radius 1 is 1.33 bits per heavy atom. The molecule has 1 aromatic heterocycles. The van der Waals surface area contributed by atoms with Crippen LogP contribution < -0.4 is 4.69 Å². The van der Waals surface area contributed by atoms with Crippen molar-refractivity contribution < 1.29 is 16.4 Å². The minimum atomic E-state index is 0. The molecule has 0 saturated heterocycles. The first-order valence-corrected chi connectivity index (χ1v) is 2.85. The van der Waals surface area contributed by atoms with Crippen LogP contribution in [-0.4, -0.2) is 42.7 Å². The normalized spacial score (nSPS) is 5.78. The summed E-state index contributed by atoms with van der Waals surface area (Å²) in [6.45, 7) is 0. The number of nitrogens with one attached hydrogen (secondary N) is 1. The van der Waals surface area contributed by atoms with Crippen LogP contribution >= 0.6 is 0 Å². The number of aromatic nitrogens is 2. The van der Waals surface area contributed by atoms with Gasteiger partial charge in [-0.25, -0.2) is 0 Å². The molecule has 0 aliphatic carbocycles. The van der Waals surface area contributed by atoms with Crippen molar-refractivity contribution in [1.29, 1.82) is 0 Å². The fraction of sp³-hybridized carbons (Fsp3) is 0. The zero-order valence-electron chi connectivity index (χ0n) is 5.10. The second-order valence-corrected chi connectivity index (χ2v) is 2.12. The molecule has 54 valence electrons. The number of imidazole rings is 1. The van der Waals surface area contributed by atoms with Gasteiger partial charge >= 0.3 is 16.3 Å². The third kappa shape index (κ3) is 5.49. The quantitative estimate of drug-likeness (QED) is 0.374. The molecule has 1 aromatic rings. The third-order valence-corrected chi connectivity index (χ3v) is 1.18. The Kier molecular flexibility index (Phi) is 13.4. The van der Waals surface area contributed by atoms with Crippen LogP contribution in [0.25, 0.3) is 0 Å². The van der Waals surface area contributed by atoms with Gasteiger partial charge in [0.15, 0.2) is 0 Å². The lowest BCUT2D eigenvalue weighted by atomic mass is 11.0. The molecule has 0 amide bonds. The number of rotatable bonds is 0. The summed E-state index contributed by atoms with van der Waals surface area (Å²) >= 11 is 1.03. The zero-order chi connectivity index (χ0) is 4.41. The van der Waals surface area contributed by atoms with Crippen molar-refractivity contribution in [2.45, 2.75) is 0 Å². The maximum atomic E-state index is 3.92. The van der Waals surface area contributed by atoms with Crippen LogP contribution in [0.15, 0.2) is 12.4 Å². The Bertz CT molecular complexity index is 121. The van der Waals surface area contributed by atoms with Crippen LogP contribution in [-0.2, 0) is 0 Å². The van der Waals surface area contributed by atoms with E-state index in [0.29, 0.717) is 0 Å². The second-order valence-electron chi connectivity index (χ2n) is 1.17. The van der Waals surface area contributed by atoms with Gasteiger partial charge in [-0.3, -0.25) is 4.98 Å². The van der Waals surface area contributed by atoms with Gasteiger partial charge in [-0.05, 0) is 0 Å². The first-order chi connectivity index (χ1) is 2.89. The Morgan fingerprint density at radius 2 is 1.89 bits per heavy atom. The van der Waals surface area contributed by atoms with E-state index in [9.17, 15) is 0 Å². The minimum absolute atomic E-state index is 0. The average molecular weight is 150 g/mol. The van der Waals surface area contributed by atoms with Gasteiger partial charge in [0, 0.05) is 17.1 Å². The van der Waals surface area contributed by atoms with Gasteiger partial charge in [-0.2, -0.15) is 0 Å². The molecule has 0 saturated carbocycles. The Balaban J connectivity index is -0.000000120. The van der Waals surface area contributed by atoms with E-state index >= 15 is 0 Å². The molecule has 0 atom stereocenters. The topological polar surface area (TPSA) is 123 Å². The molecule has 6 heteroatoms. The van der Waals surface area contributed by atoms with Gasteiger partial charge in [-0.15, -0.1) is 0 Å². The van der Waals surface area contributed by atoms with Gasteiger partial charge in [-0.1, -0.05) is 0 Å². The Hall–Kier alpha value is -0.378. The first kappa shape index (κ1) is 15.8. The van der Waals surface area contributed by atoms with E-state index in [2.05, 4.69) is 9.97 Å². The van der Waals surface area contributed by atoms with Crippen LogP contribution in [0.4, 0.5) is 0 Å². The number of aromatic amines is 1. The van der Waals surface area contributed by atoms with Gasteiger partial charge in [0.05, 0.1) is 0 Å². The fourth-order valence-corrected chi connectivity index (χ4v) is 0.660. The van der Waals surface area contributed by atoms with Crippen molar-refractivity contribution in [3.63, 3.8) is 0 Å². The summed E-state index contributed by atoms with van der Waals surface area (Å²) in [4.78, 5) is 6.87. The first-order valence-electron chi connectivity index (χ1n) is 1.85. The molecule has 9 heavy (non-hydrogen) atoms. The summed E-state index contributed by atoms with van der Waals surface area (Å²) in [5, 5.41) is 0. The van der Waals surface area contributed by atoms with Crippen molar-refractivity contribution in [3.05, 3.63) is 12.4 Å². The van der Waals surface area contributed by atoms with Gasteiger partial charge in [0.2, 0.25) is 0 Å². The summed E-state index contributed by atoms with van der Waals surface area (Å²) in [6.07, 6.45) is 3.60. The SMILES string of the molecule is O.O.O.[AlH2][c]1ncc[nH]1. The molecule has 5 nitrogen and oxygen atoms in total. The molecule has 0 bridgehead atoms.